The Hall–Kier alpha value is -1.07. The monoisotopic (exact) mass is 268 g/mol. The number of nitrogens with zero attached hydrogens (tertiary/aromatic N) is 1. The summed E-state index contributed by atoms with van der Waals surface area (Å²) in [4.78, 5) is 0. The first-order valence-corrected chi connectivity index (χ1v) is 8.08. The number of anilines is 1. The molecule has 1 saturated heterocycles. The predicted octanol–water partition coefficient (Wildman–Crippen LogP) is 1.38. The number of rotatable bonds is 4. The smallest absolute Gasteiger partial charge is 0.231 e. The average molecular weight is 268 g/mol. The third-order valence-corrected chi connectivity index (χ3v) is 4.62. The number of sulfonamides is 1. The summed E-state index contributed by atoms with van der Waals surface area (Å²) in [6, 6.07) is 8.29. The summed E-state index contributed by atoms with van der Waals surface area (Å²) < 4.78 is 24.3. The molecule has 1 aliphatic rings. The molecule has 0 saturated carbocycles. The third-order valence-electron chi connectivity index (χ3n) is 3.42. The van der Waals surface area contributed by atoms with Crippen LogP contribution < -0.4 is 9.62 Å². The molecule has 1 atom stereocenters. The maximum absolute atomic E-state index is 11.5. The van der Waals surface area contributed by atoms with Gasteiger partial charge in [-0.1, -0.05) is 12.1 Å². The van der Waals surface area contributed by atoms with Crippen LogP contribution in [0.3, 0.4) is 0 Å². The Bertz CT molecular complexity index is 507. The minimum absolute atomic E-state index is 0.531. The zero-order chi connectivity index (χ0) is 13.2. The van der Waals surface area contributed by atoms with Gasteiger partial charge in [-0.05, 0) is 43.5 Å². The highest BCUT2D eigenvalue weighted by Crippen LogP contribution is 2.19. The van der Waals surface area contributed by atoms with Gasteiger partial charge in [0.1, 0.15) is 0 Å². The van der Waals surface area contributed by atoms with E-state index in [0.717, 1.165) is 18.7 Å². The molecule has 100 valence electrons. The maximum Gasteiger partial charge on any atom is 0.231 e. The second-order valence-corrected chi connectivity index (χ2v) is 6.91. The van der Waals surface area contributed by atoms with Crippen molar-refractivity contribution in [2.45, 2.75) is 25.3 Å². The van der Waals surface area contributed by atoms with Gasteiger partial charge >= 0.3 is 0 Å². The van der Waals surface area contributed by atoms with Crippen LogP contribution in [0.15, 0.2) is 24.3 Å². The van der Waals surface area contributed by atoms with Gasteiger partial charge in [-0.25, -0.2) is 8.42 Å². The van der Waals surface area contributed by atoms with Crippen molar-refractivity contribution in [3.8, 4) is 0 Å². The van der Waals surface area contributed by atoms with E-state index in [4.69, 9.17) is 0 Å². The number of hydrogen-bond donors (Lipinski definition) is 1. The summed E-state index contributed by atoms with van der Waals surface area (Å²) in [5.74, 6) is 0. The van der Waals surface area contributed by atoms with Gasteiger partial charge in [0, 0.05) is 13.1 Å². The molecule has 0 aliphatic carbocycles. The highest BCUT2D eigenvalue weighted by atomic mass is 32.2. The molecule has 0 bridgehead atoms. The Labute approximate surface area is 109 Å². The zero-order valence-corrected chi connectivity index (χ0v) is 11.7. The second kappa shape index (κ2) is 5.28. The molecule has 2 rings (SSSR count). The Morgan fingerprint density at radius 3 is 2.83 bits per heavy atom. The van der Waals surface area contributed by atoms with E-state index < -0.39 is 10.0 Å². The highest BCUT2D eigenvalue weighted by Gasteiger charge is 2.16. The predicted molar refractivity (Wildman–Crippen MR) is 74.4 cm³/mol. The van der Waals surface area contributed by atoms with Crippen LogP contribution in [0.4, 0.5) is 5.69 Å². The molecule has 18 heavy (non-hydrogen) atoms. The van der Waals surface area contributed by atoms with Gasteiger partial charge in [0.2, 0.25) is 10.0 Å². The van der Waals surface area contributed by atoms with E-state index in [1.54, 1.807) is 7.05 Å². The molecule has 1 aliphatic heterocycles. The summed E-state index contributed by atoms with van der Waals surface area (Å²) >= 11 is 0. The molecule has 5 heteroatoms. The average Bonchev–Trinajstić information content (AvgIpc) is 2.80. The SMILES string of the molecule is CN(c1cccc(CC2CCCN2)c1)S(C)(=O)=O. The van der Waals surface area contributed by atoms with E-state index in [1.807, 2.05) is 18.2 Å². The van der Waals surface area contributed by atoms with Crippen LogP contribution in [0.2, 0.25) is 0 Å². The summed E-state index contributed by atoms with van der Waals surface area (Å²) in [6.07, 6.45) is 4.61. The van der Waals surface area contributed by atoms with E-state index in [0.29, 0.717) is 6.04 Å². The van der Waals surface area contributed by atoms with Crippen molar-refractivity contribution >= 4 is 15.7 Å². The Kier molecular flexibility index (Phi) is 3.92. The number of hydrogen-bond acceptors (Lipinski definition) is 3. The van der Waals surface area contributed by atoms with Gasteiger partial charge in [-0.15, -0.1) is 0 Å². The summed E-state index contributed by atoms with van der Waals surface area (Å²) in [7, 11) is -1.60. The van der Waals surface area contributed by atoms with Crippen LogP contribution >= 0.6 is 0 Å². The summed E-state index contributed by atoms with van der Waals surface area (Å²) in [6.45, 7) is 1.09. The van der Waals surface area contributed by atoms with Crippen molar-refractivity contribution in [3.05, 3.63) is 29.8 Å². The standard InChI is InChI=1S/C13H20N2O2S/c1-15(18(2,16)17)13-7-3-5-11(10-13)9-12-6-4-8-14-12/h3,5,7,10,12,14H,4,6,8-9H2,1-2H3. The molecule has 0 spiro atoms. The van der Waals surface area contributed by atoms with Gasteiger partial charge in [-0.2, -0.15) is 0 Å². The first-order chi connectivity index (χ1) is 8.47. The van der Waals surface area contributed by atoms with Crippen molar-refractivity contribution in [3.63, 3.8) is 0 Å². The van der Waals surface area contributed by atoms with Crippen LogP contribution in [0.25, 0.3) is 0 Å². The van der Waals surface area contributed by atoms with Crippen molar-refractivity contribution < 1.29 is 8.42 Å². The molecule has 1 unspecified atom stereocenters. The maximum atomic E-state index is 11.5. The number of benzene rings is 1. The molecule has 1 aromatic rings. The van der Waals surface area contributed by atoms with Crippen LogP contribution in [0.5, 0.6) is 0 Å². The van der Waals surface area contributed by atoms with Crippen molar-refractivity contribution in [2.24, 2.45) is 0 Å². The summed E-state index contributed by atoms with van der Waals surface area (Å²) in [5, 5.41) is 3.45. The lowest BCUT2D eigenvalue weighted by Gasteiger charge is -2.18. The topological polar surface area (TPSA) is 49.4 Å². The molecule has 4 nitrogen and oxygen atoms in total. The number of nitrogens with one attached hydrogen (secondary N) is 1. The third kappa shape index (κ3) is 3.23. The van der Waals surface area contributed by atoms with E-state index >= 15 is 0 Å². The van der Waals surface area contributed by atoms with Crippen molar-refractivity contribution in [1.82, 2.24) is 5.32 Å². The molecule has 0 radical (unpaired) electrons. The fraction of sp³-hybridized carbons (Fsp3) is 0.538. The lowest BCUT2D eigenvalue weighted by Crippen LogP contribution is -2.26. The highest BCUT2D eigenvalue weighted by molar-refractivity contribution is 7.92. The normalized spacial score (nSPS) is 20.0. The molecule has 1 aromatic carbocycles. The van der Waals surface area contributed by atoms with Gasteiger partial charge in [-0.3, -0.25) is 4.31 Å². The van der Waals surface area contributed by atoms with Gasteiger partial charge in [0.15, 0.2) is 0 Å². The minimum Gasteiger partial charge on any atom is -0.314 e. The van der Waals surface area contributed by atoms with E-state index in [1.165, 1.54) is 29.0 Å². The van der Waals surface area contributed by atoms with E-state index in [-0.39, 0.29) is 0 Å². The Morgan fingerprint density at radius 1 is 1.44 bits per heavy atom. The van der Waals surface area contributed by atoms with Crippen LogP contribution in [-0.2, 0) is 16.4 Å². The lowest BCUT2D eigenvalue weighted by molar-refractivity contribution is 0.599. The fourth-order valence-electron chi connectivity index (χ4n) is 2.29. The molecule has 0 aromatic heterocycles. The van der Waals surface area contributed by atoms with Crippen LogP contribution in [0.1, 0.15) is 18.4 Å². The molecule has 1 heterocycles. The first-order valence-electron chi connectivity index (χ1n) is 6.23. The molecular formula is C13H20N2O2S. The van der Waals surface area contributed by atoms with Crippen LogP contribution in [-0.4, -0.2) is 34.3 Å². The zero-order valence-electron chi connectivity index (χ0n) is 10.9. The van der Waals surface area contributed by atoms with Gasteiger partial charge in [0.25, 0.3) is 0 Å². The Balaban J connectivity index is 2.14. The molecule has 0 amide bonds. The minimum atomic E-state index is -3.18. The van der Waals surface area contributed by atoms with Crippen molar-refractivity contribution in [1.29, 1.82) is 0 Å². The van der Waals surface area contributed by atoms with E-state index in [2.05, 4.69) is 11.4 Å². The fourth-order valence-corrected chi connectivity index (χ4v) is 2.78. The van der Waals surface area contributed by atoms with Gasteiger partial charge in [0.05, 0.1) is 11.9 Å². The molecule has 1 N–H and O–H groups in total. The lowest BCUT2D eigenvalue weighted by atomic mass is 10.0. The summed E-state index contributed by atoms with van der Waals surface area (Å²) in [5.41, 5.74) is 1.91. The van der Waals surface area contributed by atoms with Crippen LogP contribution in [0, 0.1) is 0 Å². The second-order valence-electron chi connectivity index (χ2n) is 4.90. The van der Waals surface area contributed by atoms with Gasteiger partial charge < -0.3 is 5.32 Å². The largest absolute Gasteiger partial charge is 0.314 e. The quantitative estimate of drug-likeness (QED) is 0.897. The molecule has 1 fully saturated rings. The first kappa shape index (κ1) is 13.4. The Morgan fingerprint density at radius 2 is 2.22 bits per heavy atom. The molecular weight excluding hydrogens is 248 g/mol. The van der Waals surface area contributed by atoms with E-state index in [9.17, 15) is 8.42 Å². The van der Waals surface area contributed by atoms with Crippen molar-refractivity contribution in [2.75, 3.05) is 24.2 Å².